The zero-order valence-electron chi connectivity index (χ0n) is 13.8. The van der Waals surface area contributed by atoms with Crippen molar-refractivity contribution in [3.8, 4) is 5.88 Å². The summed E-state index contributed by atoms with van der Waals surface area (Å²) < 4.78 is 20.0. The molecular formula is C17H29FN2O. The summed E-state index contributed by atoms with van der Waals surface area (Å²) in [5.41, 5.74) is 0.604. The summed E-state index contributed by atoms with van der Waals surface area (Å²) in [6.45, 7) is 8.74. The molecule has 1 atom stereocenters. The quantitative estimate of drug-likeness (QED) is 0.647. The van der Waals surface area contributed by atoms with Crippen LogP contribution in [0.5, 0.6) is 5.88 Å². The predicted octanol–water partition coefficient (Wildman–Crippen LogP) is 4.46. The molecule has 120 valence electrons. The summed E-state index contributed by atoms with van der Waals surface area (Å²) in [4.78, 5) is 4.03. The summed E-state index contributed by atoms with van der Waals surface area (Å²) in [5, 5.41) is 3.21. The molecule has 1 rings (SSSR count). The molecule has 0 saturated heterocycles. The third-order valence-electron chi connectivity index (χ3n) is 3.41. The van der Waals surface area contributed by atoms with Crippen LogP contribution in [0.2, 0.25) is 0 Å². The molecule has 0 radical (unpaired) electrons. The SMILES string of the molecule is CCCCCCC(C)Oc1nccc(CNC(C)C)c1F. The van der Waals surface area contributed by atoms with Gasteiger partial charge in [0.15, 0.2) is 5.82 Å². The van der Waals surface area contributed by atoms with Crippen molar-refractivity contribution in [3.63, 3.8) is 0 Å². The fourth-order valence-electron chi connectivity index (χ4n) is 2.10. The normalized spacial score (nSPS) is 12.7. The molecule has 0 saturated carbocycles. The van der Waals surface area contributed by atoms with Crippen LogP contribution in [0.3, 0.4) is 0 Å². The number of nitrogens with one attached hydrogen (secondary N) is 1. The smallest absolute Gasteiger partial charge is 0.250 e. The van der Waals surface area contributed by atoms with Crippen molar-refractivity contribution in [2.75, 3.05) is 0 Å². The minimum absolute atomic E-state index is 0.00263. The second-order valence-electron chi connectivity index (χ2n) is 5.90. The molecule has 0 bridgehead atoms. The van der Waals surface area contributed by atoms with E-state index in [1.165, 1.54) is 19.3 Å². The van der Waals surface area contributed by atoms with Gasteiger partial charge in [0.2, 0.25) is 0 Å². The summed E-state index contributed by atoms with van der Waals surface area (Å²) in [6, 6.07) is 2.02. The lowest BCUT2D eigenvalue weighted by atomic mass is 10.1. The van der Waals surface area contributed by atoms with Crippen molar-refractivity contribution in [3.05, 3.63) is 23.6 Å². The van der Waals surface area contributed by atoms with Gasteiger partial charge in [0, 0.05) is 24.3 Å². The minimum Gasteiger partial charge on any atom is -0.473 e. The molecule has 1 heterocycles. The highest BCUT2D eigenvalue weighted by molar-refractivity contribution is 5.23. The minimum atomic E-state index is -0.342. The van der Waals surface area contributed by atoms with E-state index in [-0.39, 0.29) is 17.8 Å². The van der Waals surface area contributed by atoms with Gasteiger partial charge in [-0.1, -0.05) is 40.0 Å². The predicted molar refractivity (Wildman–Crippen MR) is 85.0 cm³/mol. The van der Waals surface area contributed by atoms with Gasteiger partial charge in [-0.3, -0.25) is 0 Å². The molecule has 0 spiro atoms. The Morgan fingerprint density at radius 1 is 1.24 bits per heavy atom. The average Bonchev–Trinajstić information content (AvgIpc) is 2.44. The van der Waals surface area contributed by atoms with Gasteiger partial charge in [-0.25, -0.2) is 9.37 Å². The van der Waals surface area contributed by atoms with Crippen molar-refractivity contribution in [1.82, 2.24) is 10.3 Å². The number of unbranched alkanes of at least 4 members (excludes halogenated alkanes) is 3. The molecule has 4 heteroatoms. The molecular weight excluding hydrogens is 267 g/mol. The molecule has 0 aliphatic rings. The molecule has 3 nitrogen and oxygen atoms in total. The Labute approximate surface area is 128 Å². The van der Waals surface area contributed by atoms with Crippen molar-refractivity contribution in [1.29, 1.82) is 0 Å². The van der Waals surface area contributed by atoms with Crippen molar-refractivity contribution in [2.24, 2.45) is 0 Å². The van der Waals surface area contributed by atoms with Gasteiger partial charge in [-0.05, 0) is 25.8 Å². The maximum Gasteiger partial charge on any atom is 0.250 e. The highest BCUT2D eigenvalue weighted by atomic mass is 19.1. The summed E-state index contributed by atoms with van der Waals surface area (Å²) in [7, 11) is 0. The Bertz CT molecular complexity index is 410. The lowest BCUT2D eigenvalue weighted by Gasteiger charge is -2.16. The number of halogens is 1. The largest absolute Gasteiger partial charge is 0.473 e. The maximum absolute atomic E-state index is 14.3. The fourth-order valence-corrected chi connectivity index (χ4v) is 2.10. The lowest BCUT2D eigenvalue weighted by molar-refractivity contribution is 0.188. The third-order valence-corrected chi connectivity index (χ3v) is 3.41. The standard InChI is InChI=1S/C17H29FN2O/c1-5-6-7-8-9-14(4)21-17-16(18)15(10-11-19-17)12-20-13(2)3/h10-11,13-14,20H,5-9,12H2,1-4H3. The molecule has 0 amide bonds. The van der Waals surface area contributed by atoms with E-state index in [9.17, 15) is 4.39 Å². The van der Waals surface area contributed by atoms with Crippen LogP contribution in [0, 0.1) is 5.82 Å². The molecule has 1 aromatic rings. The van der Waals surface area contributed by atoms with Crippen LogP contribution >= 0.6 is 0 Å². The van der Waals surface area contributed by atoms with E-state index < -0.39 is 0 Å². The first-order chi connectivity index (χ1) is 10.0. The first kappa shape index (κ1) is 17.9. The first-order valence-corrected chi connectivity index (χ1v) is 8.08. The number of aromatic nitrogens is 1. The van der Waals surface area contributed by atoms with E-state index in [1.54, 1.807) is 12.3 Å². The second-order valence-corrected chi connectivity index (χ2v) is 5.90. The van der Waals surface area contributed by atoms with Crippen LogP contribution in [0.15, 0.2) is 12.3 Å². The zero-order valence-corrected chi connectivity index (χ0v) is 13.8. The van der Waals surface area contributed by atoms with Crippen LogP contribution in [-0.4, -0.2) is 17.1 Å². The van der Waals surface area contributed by atoms with Gasteiger partial charge in [0.1, 0.15) is 0 Å². The molecule has 21 heavy (non-hydrogen) atoms. The van der Waals surface area contributed by atoms with Crippen LogP contribution in [0.4, 0.5) is 4.39 Å². The van der Waals surface area contributed by atoms with E-state index in [0.29, 0.717) is 18.2 Å². The molecule has 0 aromatic carbocycles. The Balaban J connectivity index is 2.52. The van der Waals surface area contributed by atoms with Gasteiger partial charge in [-0.15, -0.1) is 0 Å². The lowest BCUT2D eigenvalue weighted by Crippen LogP contribution is -2.23. The van der Waals surface area contributed by atoms with E-state index in [1.807, 2.05) is 20.8 Å². The number of hydrogen-bond donors (Lipinski definition) is 1. The summed E-state index contributed by atoms with van der Waals surface area (Å²) >= 11 is 0. The van der Waals surface area contributed by atoms with Crippen molar-refractivity contribution >= 4 is 0 Å². The van der Waals surface area contributed by atoms with Crippen molar-refractivity contribution in [2.45, 2.75) is 78.5 Å². The molecule has 1 N–H and O–H groups in total. The fraction of sp³-hybridized carbons (Fsp3) is 0.706. The molecule has 0 aliphatic heterocycles. The average molecular weight is 296 g/mol. The zero-order chi connectivity index (χ0) is 15.7. The Hall–Kier alpha value is -1.16. The first-order valence-electron chi connectivity index (χ1n) is 8.08. The Kier molecular flexibility index (Phi) is 8.28. The van der Waals surface area contributed by atoms with Crippen LogP contribution in [0.1, 0.15) is 65.4 Å². The van der Waals surface area contributed by atoms with Crippen molar-refractivity contribution < 1.29 is 9.13 Å². The molecule has 0 fully saturated rings. The van der Waals surface area contributed by atoms with E-state index >= 15 is 0 Å². The number of nitrogens with zero attached hydrogens (tertiary/aromatic N) is 1. The van der Waals surface area contributed by atoms with Gasteiger partial charge >= 0.3 is 0 Å². The maximum atomic E-state index is 14.3. The number of ether oxygens (including phenoxy) is 1. The molecule has 0 aliphatic carbocycles. The Morgan fingerprint density at radius 3 is 2.67 bits per heavy atom. The number of hydrogen-bond acceptors (Lipinski definition) is 3. The van der Waals surface area contributed by atoms with Gasteiger partial charge < -0.3 is 10.1 Å². The second kappa shape index (κ2) is 9.72. The summed E-state index contributed by atoms with van der Waals surface area (Å²) in [5.74, 6) is -0.216. The van der Waals surface area contributed by atoms with Crippen LogP contribution in [0.25, 0.3) is 0 Å². The van der Waals surface area contributed by atoms with Crippen LogP contribution in [-0.2, 0) is 6.54 Å². The van der Waals surface area contributed by atoms with Gasteiger partial charge in [-0.2, -0.15) is 0 Å². The number of rotatable bonds is 10. The third kappa shape index (κ3) is 6.89. The summed E-state index contributed by atoms with van der Waals surface area (Å²) in [6.07, 6.45) is 7.34. The highest BCUT2D eigenvalue weighted by Gasteiger charge is 2.13. The van der Waals surface area contributed by atoms with E-state index in [0.717, 1.165) is 12.8 Å². The van der Waals surface area contributed by atoms with Crippen LogP contribution < -0.4 is 10.1 Å². The topological polar surface area (TPSA) is 34.1 Å². The van der Waals surface area contributed by atoms with Gasteiger partial charge in [0.05, 0.1) is 6.10 Å². The monoisotopic (exact) mass is 296 g/mol. The molecule has 1 aromatic heterocycles. The van der Waals surface area contributed by atoms with E-state index in [2.05, 4.69) is 17.2 Å². The van der Waals surface area contributed by atoms with Gasteiger partial charge in [0.25, 0.3) is 5.88 Å². The number of pyridine rings is 1. The highest BCUT2D eigenvalue weighted by Crippen LogP contribution is 2.20. The van der Waals surface area contributed by atoms with E-state index in [4.69, 9.17) is 4.74 Å². The molecule has 1 unspecified atom stereocenters. The Morgan fingerprint density at radius 2 is 2.00 bits per heavy atom.